The molecular formula is C18H18N2O5. The summed E-state index contributed by atoms with van der Waals surface area (Å²) >= 11 is 0. The molecule has 2 aromatic rings. The zero-order valence-corrected chi connectivity index (χ0v) is 13.6. The van der Waals surface area contributed by atoms with Gasteiger partial charge in [0.05, 0.1) is 6.26 Å². The minimum atomic E-state index is -1.25. The summed E-state index contributed by atoms with van der Waals surface area (Å²) in [5, 5.41) is 4.59. The lowest BCUT2D eigenvalue weighted by atomic mass is 10.1. The molecule has 1 heterocycles. The summed E-state index contributed by atoms with van der Waals surface area (Å²) in [6.45, 7) is 2.08. The van der Waals surface area contributed by atoms with Gasteiger partial charge in [-0.25, -0.2) is 9.59 Å². The van der Waals surface area contributed by atoms with Gasteiger partial charge in [-0.2, -0.15) is 0 Å². The molecule has 3 amide bonds. The summed E-state index contributed by atoms with van der Waals surface area (Å²) in [5.74, 6) is -1.01. The van der Waals surface area contributed by atoms with Crippen molar-refractivity contribution in [3.63, 3.8) is 0 Å². The predicted octanol–water partition coefficient (Wildman–Crippen LogP) is 2.42. The largest absolute Gasteiger partial charge is 0.465 e. The van der Waals surface area contributed by atoms with Gasteiger partial charge in [0.2, 0.25) is 6.10 Å². The van der Waals surface area contributed by atoms with Crippen molar-refractivity contribution in [1.82, 2.24) is 10.6 Å². The summed E-state index contributed by atoms with van der Waals surface area (Å²) in [4.78, 5) is 35.9. The van der Waals surface area contributed by atoms with Crippen LogP contribution in [-0.4, -0.2) is 24.5 Å². The van der Waals surface area contributed by atoms with Crippen LogP contribution in [0.15, 0.2) is 59.2 Å². The van der Waals surface area contributed by atoms with E-state index in [1.807, 2.05) is 0 Å². The molecule has 0 unspecified atom stereocenters. The monoisotopic (exact) mass is 342 g/mol. The fraction of sp³-hybridized carbons (Fsp3) is 0.167. The van der Waals surface area contributed by atoms with Crippen LogP contribution in [0.3, 0.4) is 0 Å². The summed E-state index contributed by atoms with van der Waals surface area (Å²) < 4.78 is 10.3. The van der Waals surface area contributed by atoms with Crippen LogP contribution in [0.2, 0.25) is 0 Å². The number of amides is 3. The van der Waals surface area contributed by atoms with Gasteiger partial charge in [0.15, 0.2) is 0 Å². The van der Waals surface area contributed by atoms with E-state index < -0.39 is 24.0 Å². The number of imide groups is 1. The number of hydrogen-bond acceptors (Lipinski definition) is 5. The standard InChI is InChI=1S/C18H18N2O5/c1-2-19-18(23)20-17(22)16(13-7-4-3-5-8-13)25-15(21)11-10-14-9-6-12-24-14/h3-12,16H,2H2,1H3,(H2,19,20,22,23)/b11-10+/t16-/m1/s1. The van der Waals surface area contributed by atoms with Gasteiger partial charge in [0, 0.05) is 18.2 Å². The maximum absolute atomic E-state index is 12.3. The number of furan rings is 1. The number of benzene rings is 1. The fourth-order valence-corrected chi connectivity index (χ4v) is 1.97. The first-order chi connectivity index (χ1) is 12.1. The molecule has 7 nitrogen and oxygen atoms in total. The number of carbonyl (C=O) groups is 3. The molecule has 1 aromatic heterocycles. The quantitative estimate of drug-likeness (QED) is 0.621. The third kappa shape index (κ3) is 5.65. The van der Waals surface area contributed by atoms with E-state index >= 15 is 0 Å². The van der Waals surface area contributed by atoms with Crippen LogP contribution in [0.5, 0.6) is 0 Å². The predicted molar refractivity (Wildman–Crippen MR) is 90.2 cm³/mol. The Balaban J connectivity index is 2.10. The Bertz CT molecular complexity index is 738. The van der Waals surface area contributed by atoms with Gasteiger partial charge >= 0.3 is 12.0 Å². The molecule has 0 aliphatic carbocycles. The van der Waals surface area contributed by atoms with Crippen molar-refractivity contribution >= 4 is 24.0 Å². The molecule has 0 fully saturated rings. The van der Waals surface area contributed by atoms with Gasteiger partial charge in [-0.1, -0.05) is 30.3 Å². The molecule has 25 heavy (non-hydrogen) atoms. The third-order valence-corrected chi connectivity index (χ3v) is 3.08. The SMILES string of the molecule is CCNC(=O)NC(=O)[C@H](OC(=O)/C=C/c1ccco1)c1ccccc1. The van der Waals surface area contributed by atoms with Crippen LogP contribution >= 0.6 is 0 Å². The smallest absolute Gasteiger partial charge is 0.332 e. The van der Waals surface area contributed by atoms with Crippen molar-refractivity contribution in [2.75, 3.05) is 6.54 Å². The lowest BCUT2D eigenvalue weighted by Gasteiger charge is -2.16. The van der Waals surface area contributed by atoms with E-state index in [4.69, 9.17) is 9.15 Å². The highest BCUT2D eigenvalue weighted by Gasteiger charge is 2.25. The average molecular weight is 342 g/mol. The summed E-state index contributed by atoms with van der Waals surface area (Å²) in [6.07, 6.45) is 2.79. The summed E-state index contributed by atoms with van der Waals surface area (Å²) in [7, 11) is 0. The molecule has 0 spiro atoms. The highest BCUT2D eigenvalue weighted by atomic mass is 16.5. The van der Waals surface area contributed by atoms with Gasteiger partial charge in [-0.05, 0) is 25.1 Å². The maximum Gasteiger partial charge on any atom is 0.332 e. The molecule has 0 saturated heterocycles. The molecule has 0 aliphatic heterocycles. The Morgan fingerprint density at radius 1 is 1.16 bits per heavy atom. The highest BCUT2D eigenvalue weighted by molar-refractivity contribution is 5.98. The van der Waals surface area contributed by atoms with Crippen molar-refractivity contribution in [2.24, 2.45) is 0 Å². The van der Waals surface area contributed by atoms with E-state index in [0.717, 1.165) is 6.08 Å². The highest BCUT2D eigenvalue weighted by Crippen LogP contribution is 2.18. The molecular weight excluding hydrogens is 324 g/mol. The lowest BCUT2D eigenvalue weighted by molar-refractivity contribution is -0.151. The molecule has 0 radical (unpaired) electrons. The lowest BCUT2D eigenvalue weighted by Crippen LogP contribution is -2.42. The van der Waals surface area contributed by atoms with Crippen LogP contribution in [0, 0.1) is 0 Å². The number of urea groups is 1. The van der Waals surface area contributed by atoms with Gasteiger partial charge < -0.3 is 14.5 Å². The fourth-order valence-electron chi connectivity index (χ4n) is 1.97. The second-order valence-electron chi connectivity index (χ2n) is 4.93. The van der Waals surface area contributed by atoms with E-state index in [1.165, 1.54) is 12.3 Å². The third-order valence-electron chi connectivity index (χ3n) is 3.08. The van der Waals surface area contributed by atoms with E-state index in [1.54, 1.807) is 49.4 Å². The average Bonchev–Trinajstić information content (AvgIpc) is 3.12. The van der Waals surface area contributed by atoms with Crippen molar-refractivity contribution in [1.29, 1.82) is 0 Å². The normalized spacial score (nSPS) is 11.7. The molecule has 1 atom stereocenters. The van der Waals surface area contributed by atoms with Crippen LogP contribution in [0.25, 0.3) is 6.08 Å². The summed E-state index contributed by atoms with van der Waals surface area (Å²) in [5.41, 5.74) is 0.448. The molecule has 0 aliphatic rings. The van der Waals surface area contributed by atoms with Gasteiger partial charge in [-0.15, -0.1) is 0 Å². The van der Waals surface area contributed by atoms with Crippen molar-refractivity contribution in [2.45, 2.75) is 13.0 Å². The van der Waals surface area contributed by atoms with Crippen molar-refractivity contribution in [3.05, 3.63) is 66.1 Å². The minimum Gasteiger partial charge on any atom is -0.465 e. The molecule has 2 N–H and O–H groups in total. The molecule has 7 heteroatoms. The van der Waals surface area contributed by atoms with Crippen LogP contribution in [-0.2, 0) is 14.3 Å². The van der Waals surface area contributed by atoms with E-state index in [2.05, 4.69) is 10.6 Å². The summed E-state index contributed by atoms with van der Waals surface area (Å²) in [6, 6.07) is 11.1. The second-order valence-corrected chi connectivity index (χ2v) is 4.93. The maximum atomic E-state index is 12.3. The first-order valence-corrected chi connectivity index (χ1v) is 7.66. The number of hydrogen-bond donors (Lipinski definition) is 2. The van der Waals surface area contributed by atoms with Crippen molar-refractivity contribution < 1.29 is 23.5 Å². The van der Waals surface area contributed by atoms with E-state index in [9.17, 15) is 14.4 Å². The first-order valence-electron chi connectivity index (χ1n) is 7.66. The zero-order chi connectivity index (χ0) is 18.1. The first kappa shape index (κ1) is 18.0. The van der Waals surface area contributed by atoms with Gasteiger partial charge in [0.25, 0.3) is 5.91 Å². The Morgan fingerprint density at radius 2 is 1.92 bits per heavy atom. The Kier molecular flexibility index (Phi) is 6.53. The number of carbonyl (C=O) groups excluding carboxylic acids is 3. The molecule has 0 saturated carbocycles. The molecule has 0 bridgehead atoms. The molecule has 1 aromatic carbocycles. The number of nitrogens with one attached hydrogen (secondary N) is 2. The van der Waals surface area contributed by atoms with Crippen molar-refractivity contribution in [3.8, 4) is 0 Å². The van der Waals surface area contributed by atoms with E-state index in [0.29, 0.717) is 17.9 Å². The van der Waals surface area contributed by atoms with Crippen LogP contribution in [0.1, 0.15) is 24.4 Å². The Morgan fingerprint density at radius 3 is 2.56 bits per heavy atom. The molecule has 2 rings (SSSR count). The zero-order valence-electron chi connectivity index (χ0n) is 13.6. The number of rotatable bonds is 6. The van der Waals surface area contributed by atoms with E-state index in [-0.39, 0.29) is 0 Å². The number of ether oxygens (including phenoxy) is 1. The molecule has 130 valence electrons. The topological polar surface area (TPSA) is 97.6 Å². The number of esters is 1. The Labute approximate surface area is 144 Å². The van der Waals surface area contributed by atoms with Gasteiger partial charge in [0.1, 0.15) is 5.76 Å². The van der Waals surface area contributed by atoms with Gasteiger partial charge in [-0.3, -0.25) is 10.1 Å². The second kappa shape index (κ2) is 9.07. The Hall–Kier alpha value is -3.35. The van der Waals surface area contributed by atoms with Crippen LogP contribution in [0.4, 0.5) is 4.79 Å². The van der Waals surface area contributed by atoms with Crippen LogP contribution < -0.4 is 10.6 Å². The minimum absolute atomic E-state index is 0.362.